The van der Waals surface area contributed by atoms with E-state index < -0.39 is 0 Å². The maximum absolute atomic E-state index is 6.06. The van der Waals surface area contributed by atoms with Crippen LogP contribution in [0, 0.1) is 12.8 Å². The van der Waals surface area contributed by atoms with Gasteiger partial charge < -0.3 is 10.5 Å². The van der Waals surface area contributed by atoms with E-state index in [9.17, 15) is 0 Å². The second-order valence-corrected chi connectivity index (χ2v) is 5.73. The summed E-state index contributed by atoms with van der Waals surface area (Å²) in [5.41, 5.74) is 7.94. The highest BCUT2D eigenvalue weighted by atomic mass is 79.9. The Balaban J connectivity index is 2.01. The van der Waals surface area contributed by atoms with Gasteiger partial charge in [0.15, 0.2) is 0 Å². The summed E-state index contributed by atoms with van der Waals surface area (Å²) >= 11 is 3.60. The molecule has 2 atom stereocenters. The first-order valence-corrected chi connectivity index (χ1v) is 7.50. The molecule has 1 aromatic rings. The summed E-state index contributed by atoms with van der Waals surface area (Å²) in [6, 6.07) is 0. The van der Waals surface area contributed by atoms with Crippen LogP contribution in [0.4, 0.5) is 0 Å². The van der Waals surface area contributed by atoms with Crippen molar-refractivity contribution in [1.82, 2.24) is 9.78 Å². The molecular weight excluding hydrogens is 294 g/mol. The van der Waals surface area contributed by atoms with Crippen LogP contribution in [0.1, 0.15) is 37.6 Å². The summed E-state index contributed by atoms with van der Waals surface area (Å²) in [7, 11) is 0. The van der Waals surface area contributed by atoms with Crippen LogP contribution in [0.2, 0.25) is 0 Å². The van der Waals surface area contributed by atoms with Crippen molar-refractivity contribution in [3.05, 3.63) is 15.9 Å². The first kappa shape index (κ1) is 14.0. The van der Waals surface area contributed by atoms with Gasteiger partial charge in [-0.1, -0.05) is 6.42 Å². The Morgan fingerprint density at radius 3 is 2.94 bits per heavy atom. The van der Waals surface area contributed by atoms with Gasteiger partial charge in [0, 0.05) is 6.54 Å². The zero-order valence-electron chi connectivity index (χ0n) is 11.2. The molecule has 1 fully saturated rings. The van der Waals surface area contributed by atoms with Gasteiger partial charge in [0.25, 0.3) is 0 Å². The smallest absolute Gasteiger partial charge is 0.0900 e. The monoisotopic (exact) mass is 315 g/mol. The number of rotatable bonds is 5. The van der Waals surface area contributed by atoms with Crippen LogP contribution in [0.25, 0.3) is 0 Å². The molecule has 2 rings (SSSR count). The van der Waals surface area contributed by atoms with Crippen molar-refractivity contribution in [2.24, 2.45) is 11.7 Å². The van der Waals surface area contributed by atoms with Gasteiger partial charge in [0.1, 0.15) is 0 Å². The zero-order valence-corrected chi connectivity index (χ0v) is 12.7. The minimum atomic E-state index is 0.322. The molecule has 1 saturated carbocycles. The average Bonchev–Trinajstić information content (AvgIpc) is 2.93. The molecular formula is C13H22BrN3O. The molecule has 5 heteroatoms. The Kier molecular flexibility index (Phi) is 4.81. The number of halogens is 1. The lowest BCUT2D eigenvalue weighted by molar-refractivity contribution is 0.0146. The van der Waals surface area contributed by atoms with Gasteiger partial charge in [-0.25, -0.2) is 0 Å². The molecule has 0 amide bonds. The molecule has 0 aliphatic heterocycles. The van der Waals surface area contributed by atoms with Crippen molar-refractivity contribution in [2.45, 2.75) is 52.4 Å². The second kappa shape index (κ2) is 6.17. The van der Waals surface area contributed by atoms with Crippen molar-refractivity contribution in [1.29, 1.82) is 0 Å². The van der Waals surface area contributed by atoms with Gasteiger partial charge in [-0.15, -0.1) is 0 Å². The fourth-order valence-electron chi connectivity index (χ4n) is 2.68. The molecule has 0 spiro atoms. The number of aromatic nitrogens is 2. The van der Waals surface area contributed by atoms with Crippen molar-refractivity contribution < 1.29 is 4.74 Å². The average molecular weight is 316 g/mol. The quantitative estimate of drug-likeness (QED) is 0.908. The van der Waals surface area contributed by atoms with E-state index in [2.05, 4.69) is 28.0 Å². The lowest BCUT2D eigenvalue weighted by Gasteiger charge is -2.19. The van der Waals surface area contributed by atoms with Crippen molar-refractivity contribution in [3.63, 3.8) is 0 Å². The summed E-state index contributed by atoms with van der Waals surface area (Å²) in [4.78, 5) is 0. The maximum Gasteiger partial charge on any atom is 0.0900 e. The van der Waals surface area contributed by atoms with Gasteiger partial charge in [0.2, 0.25) is 0 Å². The maximum atomic E-state index is 6.06. The molecule has 1 aliphatic rings. The van der Waals surface area contributed by atoms with E-state index in [0.717, 1.165) is 35.4 Å². The predicted molar refractivity (Wildman–Crippen MR) is 75.3 cm³/mol. The Labute approximate surface area is 117 Å². The van der Waals surface area contributed by atoms with E-state index in [1.165, 1.54) is 12.8 Å². The Bertz CT molecular complexity index is 405. The first-order chi connectivity index (χ1) is 8.67. The van der Waals surface area contributed by atoms with Crippen LogP contribution in [0.5, 0.6) is 0 Å². The number of aryl methyl sites for hydroxylation is 2. The molecule has 0 radical (unpaired) electrons. The highest BCUT2D eigenvalue weighted by Gasteiger charge is 2.27. The number of nitrogens with two attached hydrogens (primary N) is 1. The van der Waals surface area contributed by atoms with E-state index in [-0.39, 0.29) is 0 Å². The van der Waals surface area contributed by atoms with E-state index >= 15 is 0 Å². The van der Waals surface area contributed by atoms with Gasteiger partial charge in [-0.05, 0) is 55.1 Å². The molecule has 1 aliphatic carbocycles. The molecule has 2 unspecified atom stereocenters. The van der Waals surface area contributed by atoms with Crippen LogP contribution >= 0.6 is 15.9 Å². The SMILES string of the molecule is CCn1nc(C)c(Br)c1COC1CCCC1CN. The number of hydrogen-bond acceptors (Lipinski definition) is 3. The molecule has 0 saturated heterocycles. The van der Waals surface area contributed by atoms with Crippen molar-refractivity contribution in [3.8, 4) is 0 Å². The van der Waals surface area contributed by atoms with Crippen LogP contribution in [0.3, 0.4) is 0 Å². The minimum absolute atomic E-state index is 0.322. The lowest BCUT2D eigenvalue weighted by atomic mass is 10.1. The summed E-state index contributed by atoms with van der Waals surface area (Å²) in [6.45, 7) is 6.34. The molecule has 18 heavy (non-hydrogen) atoms. The van der Waals surface area contributed by atoms with Crippen LogP contribution in [-0.2, 0) is 17.9 Å². The molecule has 4 nitrogen and oxygen atoms in total. The second-order valence-electron chi connectivity index (χ2n) is 4.94. The lowest BCUT2D eigenvalue weighted by Crippen LogP contribution is -2.25. The normalized spacial score (nSPS) is 23.8. The fourth-order valence-corrected chi connectivity index (χ4v) is 3.08. The summed E-state index contributed by atoms with van der Waals surface area (Å²) in [6.07, 6.45) is 3.90. The molecule has 0 bridgehead atoms. The van der Waals surface area contributed by atoms with E-state index in [0.29, 0.717) is 18.6 Å². The van der Waals surface area contributed by atoms with Gasteiger partial charge in [-0.3, -0.25) is 4.68 Å². The molecule has 1 heterocycles. The summed E-state index contributed by atoms with van der Waals surface area (Å²) < 4.78 is 9.14. The number of nitrogens with zero attached hydrogens (tertiary/aromatic N) is 2. The summed E-state index contributed by atoms with van der Waals surface area (Å²) in [5, 5.41) is 4.48. The molecule has 0 aromatic carbocycles. The zero-order chi connectivity index (χ0) is 13.1. The standard InChI is InChI=1S/C13H22BrN3O/c1-3-17-11(13(14)9(2)16-17)8-18-12-6-4-5-10(12)7-15/h10,12H,3-8,15H2,1-2H3. The van der Waals surface area contributed by atoms with Crippen LogP contribution in [-0.4, -0.2) is 22.4 Å². The Morgan fingerprint density at radius 1 is 1.50 bits per heavy atom. The molecule has 102 valence electrons. The van der Waals surface area contributed by atoms with Gasteiger partial charge >= 0.3 is 0 Å². The third-order valence-corrected chi connectivity index (χ3v) is 4.81. The first-order valence-electron chi connectivity index (χ1n) is 6.70. The Hall–Kier alpha value is -0.390. The van der Waals surface area contributed by atoms with Gasteiger partial charge in [0.05, 0.1) is 28.6 Å². The third kappa shape index (κ3) is 2.78. The molecule has 1 aromatic heterocycles. The van der Waals surface area contributed by atoms with Crippen LogP contribution < -0.4 is 5.73 Å². The highest BCUT2D eigenvalue weighted by molar-refractivity contribution is 9.10. The highest BCUT2D eigenvalue weighted by Crippen LogP contribution is 2.29. The van der Waals surface area contributed by atoms with E-state index in [1.54, 1.807) is 0 Å². The van der Waals surface area contributed by atoms with Crippen LogP contribution in [0.15, 0.2) is 4.47 Å². The molecule has 2 N–H and O–H groups in total. The third-order valence-electron chi connectivity index (χ3n) is 3.78. The fraction of sp³-hybridized carbons (Fsp3) is 0.769. The number of hydrogen-bond donors (Lipinski definition) is 1. The van der Waals surface area contributed by atoms with E-state index in [4.69, 9.17) is 10.5 Å². The minimum Gasteiger partial charge on any atom is -0.372 e. The number of ether oxygens (including phenoxy) is 1. The van der Waals surface area contributed by atoms with E-state index in [1.807, 2.05) is 11.6 Å². The summed E-state index contributed by atoms with van der Waals surface area (Å²) in [5.74, 6) is 0.530. The Morgan fingerprint density at radius 2 is 2.28 bits per heavy atom. The van der Waals surface area contributed by atoms with Crippen molar-refractivity contribution in [2.75, 3.05) is 6.54 Å². The predicted octanol–water partition coefficient (Wildman–Crippen LogP) is 2.62. The van der Waals surface area contributed by atoms with Gasteiger partial charge in [-0.2, -0.15) is 5.10 Å². The van der Waals surface area contributed by atoms with Crippen molar-refractivity contribution >= 4 is 15.9 Å². The largest absolute Gasteiger partial charge is 0.372 e. The topological polar surface area (TPSA) is 53.1 Å².